The van der Waals surface area contributed by atoms with Crippen molar-refractivity contribution in [2.24, 2.45) is 5.73 Å². The van der Waals surface area contributed by atoms with Crippen molar-refractivity contribution in [1.82, 2.24) is 5.32 Å². The molecule has 0 aromatic heterocycles. The van der Waals surface area contributed by atoms with Crippen LogP contribution in [0.5, 0.6) is 0 Å². The Morgan fingerprint density at radius 3 is 2.42 bits per heavy atom. The largest absolute Gasteiger partial charge is 0.345 e. The first-order valence-corrected chi connectivity index (χ1v) is 7.06. The van der Waals surface area contributed by atoms with Crippen molar-refractivity contribution in [2.75, 3.05) is 6.54 Å². The number of hydrogen-bond acceptors (Lipinski definition) is 2. The molecule has 0 saturated heterocycles. The molecule has 0 atom stereocenters. The van der Waals surface area contributed by atoms with Crippen LogP contribution in [0, 0.1) is 6.92 Å². The van der Waals surface area contributed by atoms with Gasteiger partial charge in [-0.1, -0.05) is 35.8 Å². The molecule has 0 bridgehead atoms. The number of nitrogens with one attached hydrogen (secondary N) is 1. The van der Waals surface area contributed by atoms with Crippen molar-refractivity contribution in [3.8, 4) is 0 Å². The Balaban J connectivity index is 0.00000324. The van der Waals surface area contributed by atoms with E-state index in [0.717, 1.165) is 22.9 Å². The quantitative estimate of drug-likeness (QED) is 0.855. The minimum Gasteiger partial charge on any atom is -0.345 e. The molecule has 1 aromatic rings. The minimum atomic E-state index is -0.300. The first-order valence-electron chi connectivity index (χ1n) is 6.27. The van der Waals surface area contributed by atoms with Crippen LogP contribution in [0.3, 0.4) is 0 Å². The smallest absolute Gasteiger partial charge is 0.252 e. The average Bonchev–Trinajstić information content (AvgIpc) is 2.39. The summed E-state index contributed by atoms with van der Waals surface area (Å²) in [4.78, 5) is 12.3. The van der Waals surface area contributed by atoms with E-state index in [-0.39, 0.29) is 23.9 Å². The van der Waals surface area contributed by atoms with Crippen molar-refractivity contribution in [1.29, 1.82) is 0 Å². The number of amides is 1. The standard InChI is InChI=1S/C14H21BrN2O.ClH/c1-4-14(5-2,9-16)17-13(18)11-7-6-8-12(15)10(11)3;/h6-8H,4-5,9,16H2,1-3H3,(H,17,18);1H. The highest BCUT2D eigenvalue weighted by molar-refractivity contribution is 9.10. The Hall–Kier alpha value is -0.580. The van der Waals surface area contributed by atoms with Crippen LogP contribution >= 0.6 is 28.3 Å². The highest BCUT2D eigenvalue weighted by atomic mass is 79.9. The Bertz CT molecular complexity index is 425. The number of carbonyl (C=O) groups is 1. The number of benzene rings is 1. The molecular formula is C14H22BrClN2O. The number of hydrogen-bond donors (Lipinski definition) is 2. The summed E-state index contributed by atoms with van der Waals surface area (Å²) in [6.07, 6.45) is 1.66. The zero-order valence-corrected chi connectivity index (χ0v) is 14.0. The third kappa shape index (κ3) is 4.20. The summed E-state index contributed by atoms with van der Waals surface area (Å²) in [7, 11) is 0. The van der Waals surface area contributed by atoms with E-state index in [4.69, 9.17) is 5.73 Å². The summed E-state index contributed by atoms with van der Waals surface area (Å²) in [6, 6.07) is 5.64. The maximum atomic E-state index is 12.3. The molecule has 0 aliphatic heterocycles. The third-order valence-corrected chi connectivity index (χ3v) is 4.49. The molecule has 0 spiro atoms. The Kier molecular flexibility index (Phi) is 7.64. The molecule has 0 unspecified atom stereocenters. The number of halogens is 2. The van der Waals surface area contributed by atoms with Crippen LogP contribution in [-0.2, 0) is 0 Å². The zero-order chi connectivity index (χ0) is 13.8. The highest BCUT2D eigenvalue weighted by Crippen LogP contribution is 2.21. The van der Waals surface area contributed by atoms with Crippen LogP contribution in [0.1, 0.15) is 42.6 Å². The van der Waals surface area contributed by atoms with Crippen LogP contribution in [-0.4, -0.2) is 18.0 Å². The molecule has 1 amide bonds. The second kappa shape index (κ2) is 7.88. The molecule has 0 radical (unpaired) electrons. The van der Waals surface area contributed by atoms with Gasteiger partial charge in [0.25, 0.3) is 5.91 Å². The van der Waals surface area contributed by atoms with E-state index in [9.17, 15) is 4.79 Å². The molecule has 3 nitrogen and oxygen atoms in total. The van der Waals surface area contributed by atoms with Gasteiger partial charge in [0.05, 0.1) is 5.54 Å². The van der Waals surface area contributed by atoms with Gasteiger partial charge in [-0.25, -0.2) is 0 Å². The molecular weight excluding hydrogens is 328 g/mol. The van der Waals surface area contributed by atoms with Crippen LogP contribution in [0.4, 0.5) is 0 Å². The Morgan fingerprint density at radius 2 is 1.95 bits per heavy atom. The first-order chi connectivity index (χ1) is 8.49. The van der Waals surface area contributed by atoms with E-state index >= 15 is 0 Å². The maximum Gasteiger partial charge on any atom is 0.252 e. The first kappa shape index (κ1) is 18.4. The lowest BCUT2D eigenvalue weighted by atomic mass is 9.92. The number of rotatable bonds is 5. The Morgan fingerprint density at radius 1 is 1.37 bits per heavy atom. The van der Waals surface area contributed by atoms with Crippen molar-refractivity contribution in [2.45, 2.75) is 39.2 Å². The molecule has 1 aromatic carbocycles. The average molecular weight is 350 g/mol. The predicted octanol–water partition coefficient (Wildman–Crippen LogP) is 3.43. The van der Waals surface area contributed by atoms with Gasteiger partial charge in [-0.2, -0.15) is 0 Å². The van der Waals surface area contributed by atoms with E-state index < -0.39 is 0 Å². The highest BCUT2D eigenvalue weighted by Gasteiger charge is 2.27. The fourth-order valence-electron chi connectivity index (χ4n) is 1.93. The SMILES string of the molecule is CCC(CC)(CN)NC(=O)c1cccc(Br)c1C.Cl. The summed E-state index contributed by atoms with van der Waals surface area (Å²) >= 11 is 3.44. The van der Waals surface area contributed by atoms with Gasteiger partial charge in [-0.05, 0) is 37.5 Å². The van der Waals surface area contributed by atoms with E-state index in [1.807, 2.05) is 39.0 Å². The van der Waals surface area contributed by atoms with Crippen molar-refractivity contribution in [3.63, 3.8) is 0 Å². The molecule has 5 heteroatoms. The molecule has 0 fully saturated rings. The summed E-state index contributed by atoms with van der Waals surface area (Å²) < 4.78 is 0.946. The van der Waals surface area contributed by atoms with E-state index in [0.29, 0.717) is 12.1 Å². The lowest BCUT2D eigenvalue weighted by molar-refractivity contribution is 0.0894. The van der Waals surface area contributed by atoms with Gasteiger partial charge < -0.3 is 11.1 Å². The molecule has 1 rings (SSSR count). The molecule has 0 heterocycles. The molecule has 0 aliphatic rings. The normalized spacial score (nSPS) is 10.8. The monoisotopic (exact) mass is 348 g/mol. The molecule has 3 N–H and O–H groups in total. The van der Waals surface area contributed by atoms with E-state index in [1.165, 1.54) is 0 Å². The van der Waals surface area contributed by atoms with E-state index in [2.05, 4.69) is 21.2 Å². The zero-order valence-electron chi connectivity index (χ0n) is 11.6. The van der Waals surface area contributed by atoms with Crippen LogP contribution in [0.15, 0.2) is 22.7 Å². The predicted molar refractivity (Wildman–Crippen MR) is 86.0 cm³/mol. The molecule has 108 valence electrons. The van der Waals surface area contributed by atoms with Crippen LogP contribution in [0.2, 0.25) is 0 Å². The van der Waals surface area contributed by atoms with Crippen molar-refractivity contribution in [3.05, 3.63) is 33.8 Å². The van der Waals surface area contributed by atoms with Gasteiger partial charge in [0.15, 0.2) is 0 Å². The number of carbonyl (C=O) groups excluding carboxylic acids is 1. The van der Waals surface area contributed by atoms with Crippen LogP contribution < -0.4 is 11.1 Å². The summed E-state index contributed by atoms with van der Waals surface area (Å²) in [5.74, 6) is -0.0528. The van der Waals surface area contributed by atoms with E-state index in [1.54, 1.807) is 0 Å². The fourth-order valence-corrected chi connectivity index (χ4v) is 2.29. The van der Waals surface area contributed by atoms with Gasteiger partial charge in [0, 0.05) is 16.6 Å². The summed E-state index contributed by atoms with van der Waals surface area (Å²) in [5.41, 5.74) is 7.15. The minimum absolute atomic E-state index is 0. The number of nitrogens with two attached hydrogens (primary N) is 1. The summed E-state index contributed by atoms with van der Waals surface area (Å²) in [6.45, 7) is 6.48. The molecule has 0 aliphatic carbocycles. The molecule has 0 saturated carbocycles. The maximum absolute atomic E-state index is 12.3. The third-order valence-electron chi connectivity index (χ3n) is 3.64. The van der Waals surface area contributed by atoms with Gasteiger partial charge in [-0.3, -0.25) is 4.79 Å². The molecule has 19 heavy (non-hydrogen) atoms. The summed E-state index contributed by atoms with van der Waals surface area (Å²) in [5, 5.41) is 3.08. The van der Waals surface area contributed by atoms with Crippen molar-refractivity contribution >= 4 is 34.2 Å². The van der Waals surface area contributed by atoms with Gasteiger partial charge in [0.2, 0.25) is 0 Å². The second-order valence-corrected chi connectivity index (χ2v) is 5.41. The Labute approximate surface area is 129 Å². The lowest BCUT2D eigenvalue weighted by Gasteiger charge is -2.31. The second-order valence-electron chi connectivity index (χ2n) is 4.56. The van der Waals surface area contributed by atoms with Crippen LogP contribution in [0.25, 0.3) is 0 Å². The van der Waals surface area contributed by atoms with Gasteiger partial charge >= 0.3 is 0 Å². The lowest BCUT2D eigenvalue weighted by Crippen LogP contribution is -2.53. The topological polar surface area (TPSA) is 55.1 Å². The fraction of sp³-hybridized carbons (Fsp3) is 0.500. The van der Waals surface area contributed by atoms with Gasteiger partial charge in [-0.15, -0.1) is 12.4 Å². The van der Waals surface area contributed by atoms with Gasteiger partial charge in [0.1, 0.15) is 0 Å². The van der Waals surface area contributed by atoms with Crippen molar-refractivity contribution < 1.29 is 4.79 Å².